The average molecular weight is 435 g/mol. The molecule has 3 amide bonds. The lowest BCUT2D eigenvalue weighted by molar-refractivity contribution is -0.131. The number of aryl methyl sites for hydroxylation is 1. The van der Waals surface area contributed by atoms with Crippen LogP contribution in [0.3, 0.4) is 0 Å². The van der Waals surface area contributed by atoms with E-state index in [9.17, 15) is 9.59 Å². The fourth-order valence-electron chi connectivity index (χ4n) is 4.66. The van der Waals surface area contributed by atoms with Crippen LogP contribution in [0.25, 0.3) is 0 Å². The van der Waals surface area contributed by atoms with Crippen LogP contribution in [0, 0.1) is 12.8 Å². The van der Waals surface area contributed by atoms with E-state index >= 15 is 0 Å². The van der Waals surface area contributed by atoms with Gasteiger partial charge in [0.1, 0.15) is 0 Å². The van der Waals surface area contributed by atoms with Crippen LogP contribution in [0.1, 0.15) is 31.2 Å². The number of benzene rings is 2. The Morgan fingerprint density at radius 3 is 2.34 bits per heavy atom. The normalized spacial score (nSPS) is 19.0. The predicted molar refractivity (Wildman–Crippen MR) is 129 cm³/mol. The SMILES string of the molecule is Cc1ccc(N2CCN(C(=O)CC[C@@H]3CCCN(C(=O)Nc4ccccc4)C3)CC2)cc1. The zero-order valence-corrected chi connectivity index (χ0v) is 19.0. The van der Waals surface area contributed by atoms with Crippen molar-refractivity contribution in [3.63, 3.8) is 0 Å². The molecule has 2 heterocycles. The summed E-state index contributed by atoms with van der Waals surface area (Å²) in [4.78, 5) is 31.7. The zero-order chi connectivity index (χ0) is 22.3. The quantitative estimate of drug-likeness (QED) is 0.760. The number of hydrogen-bond acceptors (Lipinski definition) is 3. The summed E-state index contributed by atoms with van der Waals surface area (Å²) >= 11 is 0. The molecule has 2 aliphatic heterocycles. The van der Waals surface area contributed by atoms with Crippen molar-refractivity contribution in [1.29, 1.82) is 0 Å². The van der Waals surface area contributed by atoms with Gasteiger partial charge >= 0.3 is 6.03 Å². The summed E-state index contributed by atoms with van der Waals surface area (Å²) in [5, 5.41) is 2.98. The molecule has 4 rings (SSSR count). The van der Waals surface area contributed by atoms with Crippen molar-refractivity contribution in [2.24, 2.45) is 5.92 Å². The molecular weight excluding hydrogens is 400 g/mol. The third kappa shape index (κ3) is 5.81. The molecule has 2 fully saturated rings. The lowest BCUT2D eigenvalue weighted by atomic mass is 9.93. The summed E-state index contributed by atoms with van der Waals surface area (Å²) in [6, 6.07) is 18.1. The highest BCUT2D eigenvalue weighted by atomic mass is 16.2. The van der Waals surface area contributed by atoms with E-state index < -0.39 is 0 Å². The van der Waals surface area contributed by atoms with Gasteiger partial charge in [-0.25, -0.2) is 4.79 Å². The number of likely N-dealkylation sites (tertiary alicyclic amines) is 1. The Hall–Kier alpha value is -3.02. The van der Waals surface area contributed by atoms with Gasteiger partial charge in [-0.05, 0) is 56.4 Å². The number of piperazine rings is 1. The molecule has 0 bridgehead atoms. The van der Waals surface area contributed by atoms with Gasteiger partial charge < -0.3 is 20.0 Å². The maximum absolute atomic E-state index is 12.8. The molecule has 0 unspecified atom stereocenters. The van der Waals surface area contributed by atoms with Crippen molar-refractivity contribution in [2.75, 3.05) is 49.5 Å². The molecule has 0 radical (unpaired) electrons. The Morgan fingerprint density at radius 1 is 0.906 bits per heavy atom. The summed E-state index contributed by atoms with van der Waals surface area (Å²) in [5.41, 5.74) is 3.32. The lowest BCUT2D eigenvalue weighted by Crippen LogP contribution is -2.49. The number of piperidine rings is 1. The highest BCUT2D eigenvalue weighted by Crippen LogP contribution is 2.23. The molecule has 2 aromatic rings. The fourth-order valence-corrected chi connectivity index (χ4v) is 4.66. The summed E-state index contributed by atoms with van der Waals surface area (Å²) in [5.74, 6) is 0.641. The molecule has 6 nitrogen and oxygen atoms in total. The van der Waals surface area contributed by atoms with E-state index in [0.717, 1.165) is 64.2 Å². The number of carbonyl (C=O) groups excluding carboxylic acids is 2. The summed E-state index contributed by atoms with van der Waals surface area (Å²) < 4.78 is 0. The van der Waals surface area contributed by atoms with Crippen LogP contribution in [0.2, 0.25) is 0 Å². The number of carbonyl (C=O) groups is 2. The minimum atomic E-state index is -0.0422. The van der Waals surface area contributed by atoms with Crippen LogP contribution in [0.5, 0.6) is 0 Å². The van der Waals surface area contributed by atoms with Gasteiger partial charge in [-0.15, -0.1) is 0 Å². The smallest absolute Gasteiger partial charge is 0.321 e. The molecule has 2 saturated heterocycles. The molecule has 1 N–H and O–H groups in total. The minimum Gasteiger partial charge on any atom is -0.368 e. The molecule has 0 spiro atoms. The highest BCUT2D eigenvalue weighted by Gasteiger charge is 2.26. The molecule has 0 saturated carbocycles. The summed E-state index contributed by atoms with van der Waals surface area (Å²) in [6.07, 6.45) is 3.51. The van der Waals surface area contributed by atoms with Gasteiger partial charge in [-0.1, -0.05) is 35.9 Å². The number of para-hydroxylation sites is 1. The minimum absolute atomic E-state index is 0.0422. The van der Waals surface area contributed by atoms with E-state index in [4.69, 9.17) is 0 Å². The van der Waals surface area contributed by atoms with Gasteiger partial charge in [0.2, 0.25) is 5.91 Å². The molecule has 0 aromatic heterocycles. The second-order valence-electron chi connectivity index (χ2n) is 8.99. The Labute approximate surface area is 191 Å². The van der Waals surface area contributed by atoms with Crippen LogP contribution in [0.4, 0.5) is 16.2 Å². The van der Waals surface area contributed by atoms with E-state index in [1.54, 1.807) is 0 Å². The molecule has 1 atom stereocenters. The van der Waals surface area contributed by atoms with Crippen molar-refractivity contribution in [3.05, 3.63) is 60.2 Å². The average Bonchev–Trinajstić information content (AvgIpc) is 2.84. The number of rotatable bonds is 5. The monoisotopic (exact) mass is 434 g/mol. The van der Waals surface area contributed by atoms with Gasteiger partial charge in [-0.2, -0.15) is 0 Å². The predicted octanol–water partition coefficient (Wildman–Crippen LogP) is 4.37. The van der Waals surface area contributed by atoms with E-state index in [0.29, 0.717) is 12.3 Å². The number of urea groups is 1. The number of nitrogens with zero attached hydrogens (tertiary/aromatic N) is 3. The van der Waals surface area contributed by atoms with Crippen LogP contribution in [0.15, 0.2) is 54.6 Å². The third-order valence-corrected chi connectivity index (χ3v) is 6.63. The maximum atomic E-state index is 12.8. The number of anilines is 2. The van der Waals surface area contributed by atoms with E-state index in [2.05, 4.69) is 41.4 Å². The van der Waals surface area contributed by atoms with E-state index in [-0.39, 0.29) is 11.9 Å². The third-order valence-electron chi connectivity index (χ3n) is 6.63. The van der Waals surface area contributed by atoms with Gasteiger partial charge in [0.25, 0.3) is 0 Å². The van der Waals surface area contributed by atoms with Crippen molar-refractivity contribution >= 4 is 23.3 Å². The van der Waals surface area contributed by atoms with E-state index in [1.807, 2.05) is 40.1 Å². The van der Waals surface area contributed by atoms with Crippen LogP contribution >= 0.6 is 0 Å². The molecule has 0 aliphatic carbocycles. The van der Waals surface area contributed by atoms with Gasteiger partial charge in [0.15, 0.2) is 0 Å². The highest BCUT2D eigenvalue weighted by molar-refractivity contribution is 5.89. The first kappa shape index (κ1) is 22.2. The van der Waals surface area contributed by atoms with Gasteiger partial charge in [-0.3, -0.25) is 4.79 Å². The Bertz CT molecular complexity index is 892. The van der Waals surface area contributed by atoms with Gasteiger partial charge in [0, 0.05) is 57.1 Å². The molecule has 2 aliphatic rings. The summed E-state index contributed by atoms with van der Waals surface area (Å²) in [6.45, 7) is 6.93. The topological polar surface area (TPSA) is 55.9 Å². The number of hydrogen-bond donors (Lipinski definition) is 1. The van der Waals surface area contributed by atoms with Crippen molar-refractivity contribution in [1.82, 2.24) is 9.80 Å². The molecular formula is C26H34N4O2. The van der Waals surface area contributed by atoms with Crippen molar-refractivity contribution in [3.8, 4) is 0 Å². The molecule has 32 heavy (non-hydrogen) atoms. The number of amides is 3. The second kappa shape index (κ2) is 10.5. The Balaban J connectivity index is 1.20. The first-order valence-electron chi connectivity index (χ1n) is 11.8. The van der Waals surface area contributed by atoms with Crippen LogP contribution in [-0.2, 0) is 4.79 Å². The van der Waals surface area contributed by atoms with E-state index in [1.165, 1.54) is 11.3 Å². The zero-order valence-electron chi connectivity index (χ0n) is 19.0. The van der Waals surface area contributed by atoms with Crippen molar-refractivity contribution < 1.29 is 9.59 Å². The van der Waals surface area contributed by atoms with Gasteiger partial charge in [0.05, 0.1) is 0 Å². The largest absolute Gasteiger partial charge is 0.368 e. The second-order valence-corrected chi connectivity index (χ2v) is 8.99. The Kier molecular flexibility index (Phi) is 7.30. The molecule has 6 heteroatoms. The maximum Gasteiger partial charge on any atom is 0.321 e. The lowest BCUT2D eigenvalue weighted by Gasteiger charge is -2.37. The van der Waals surface area contributed by atoms with Crippen molar-refractivity contribution in [2.45, 2.75) is 32.6 Å². The van der Waals surface area contributed by atoms with Crippen LogP contribution < -0.4 is 10.2 Å². The van der Waals surface area contributed by atoms with Crippen LogP contribution in [-0.4, -0.2) is 61.0 Å². The first-order valence-corrected chi connectivity index (χ1v) is 11.8. The fraction of sp³-hybridized carbons (Fsp3) is 0.462. The summed E-state index contributed by atoms with van der Waals surface area (Å²) in [7, 11) is 0. The first-order chi connectivity index (χ1) is 15.6. The Morgan fingerprint density at radius 2 is 1.62 bits per heavy atom. The number of nitrogens with one attached hydrogen (secondary N) is 1. The standard InChI is InChI=1S/C26H34N4O2/c1-21-9-12-24(13-10-21)28-16-18-29(19-17-28)25(31)14-11-22-6-5-15-30(20-22)26(32)27-23-7-3-2-4-8-23/h2-4,7-10,12-13,22H,5-6,11,14-20H2,1H3,(H,27,32)/t22-/m0/s1. The molecule has 2 aromatic carbocycles. The molecule has 170 valence electrons.